The second kappa shape index (κ2) is 7.02. The highest BCUT2D eigenvalue weighted by atomic mass is 35.5. The largest absolute Gasteiger partial charge is 0.386 e. The van der Waals surface area contributed by atoms with E-state index in [9.17, 15) is 9.90 Å². The average molecular weight is 380 g/mol. The molecule has 0 radical (unpaired) electrons. The molecule has 27 heavy (non-hydrogen) atoms. The van der Waals surface area contributed by atoms with E-state index >= 15 is 0 Å². The topological polar surface area (TPSA) is 59.5 Å². The normalized spacial score (nSPS) is 12.4. The van der Waals surface area contributed by atoms with Crippen molar-refractivity contribution in [3.05, 3.63) is 93.4 Å². The summed E-state index contributed by atoms with van der Waals surface area (Å²) in [5, 5.41) is 15.7. The van der Waals surface area contributed by atoms with Crippen LogP contribution in [0.3, 0.4) is 0 Å². The minimum absolute atomic E-state index is 0.201. The van der Waals surface area contributed by atoms with Gasteiger partial charge in [0.05, 0.1) is 18.3 Å². The average Bonchev–Trinajstić information content (AvgIpc) is 3.12. The molecule has 0 aliphatic heterocycles. The van der Waals surface area contributed by atoms with Crippen molar-refractivity contribution in [3.63, 3.8) is 0 Å². The molecule has 0 aliphatic carbocycles. The van der Waals surface area contributed by atoms with E-state index < -0.39 is 6.10 Å². The fourth-order valence-electron chi connectivity index (χ4n) is 3.23. The number of aromatic nitrogens is 3. The summed E-state index contributed by atoms with van der Waals surface area (Å²) in [7, 11) is 0. The molecule has 136 valence electrons. The van der Waals surface area contributed by atoms with Gasteiger partial charge >= 0.3 is 0 Å². The zero-order chi connectivity index (χ0) is 19.0. The molecule has 0 saturated carbocycles. The van der Waals surface area contributed by atoms with Crippen molar-refractivity contribution in [2.24, 2.45) is 0 Å². The number of aliphatic hydroxyl groups excluding tert-OH is 1. The molecular formula is C21H18ClN3O2. The number of rotatable bonds is 4. The monoisotopic (exact) mass is 379 g/mol. The van der Waals surface area contributed by atoms with Gasteiger partial charge in [-0.2, -0.15) is 9.61 Å². The van der Waals surface area contributed by atoms with Crippen molar-refractivity contribution in [2.75, 3.05) is 0 Å². The van der Waals surface area contributed by atoms with Crippen LogP contribution in [-0.2, 0) is 6.54 Å². The van der Waals surface area contributed by atoms with Crippen LogP contribution >= 0.6 is 11.6 Å². The van der Waals surface area contributed by atoms with Crippen LogP contribution < -0.4 is 5.56 Å². The molecule has 0 amide bonds. The summed E-state index contributed by atoms with van der Waals surface area (Å²) in [6.45, 7) is 2.11. The Labute approximate surface area is 161 Å². The maximum absolute atomic E-state index is 12.4. The van der Waals surface area contributed by atoms with E-state index in [-0.39, 0.29) is 12.1 Å². The summed E-state index contributed by atoms with van der Waals surface area (Å²) in [6.07, 6.45) is -0.807. The Morgan fingerprint density at radius 2 is 1.78 bits per heavy atom. The number of halogens is 1. The number of aliphatic hydroxyl groups is 1. The standard InChI is InChI=1S/C21H18ClN3O2/c1-14-11-21(27)25-20(12-18(23-25)15-7-3-2-4-8-15)24(14)13-19(26)16-9-5-6-10-17(16)22/h2-12,19,26H,13H2,1H3/t19-/m0/s1. The Balaban J connectivity index is 1.82. The SMILES string of the molecule is Cc1cc(=O)n2nc(-c3ccccc3)cc2n1C[C@H](O)c1ccccc1Cl. The van der Waals surface area contributed by atoms with Gasteiger partial charge in [-0.3, -0.25) is 4.79 Å². The molecule has 0 bridgehead atoms. The van der Waals surface area contributed by atoms with Crippen LogP contribution in [0.15, 0.2) is 71.5 Å². The number of hydrogen-bond acceptors (Lipinski definition) is 3. The van der Waals surface area contributed by atoms with Crippen molar-refractivity contribution in [1.82, 2.24) is 14.2 Å². The second-order valence-electron chi connectivity index (χ2n) is 6.44. The lowest BCUT2D eigenvalue weighted by Crippen LogP contribution is -2.21. The third-order valence-electron chi connectivity index (χ3n) is 4.62. The van der Waals surface area contributed by atoms with E-state index in [0.29, 0.717) is 21.9 Å². The Bertz CT molecular complexity index is 1170. The van der Waals surface area contributed by atoms with Gasteiger partial charge in [0.25, 0.3) is 5.56 Å². The van der Waals surface area contributed by atoms with Crippen LogP contribution in [-0.4, -0.2) is 19.3 Å². The van der Waals surface area contributed by atoms with E-state index in [1.807, 2.05) is 60.0 Å². The Hall–Kier alpha value is -2.89. The van der Waals surface area contributed by atoms with Gasteiger partial charge < -0.3 is 9.67 Å². The first-order valence-corrected chi connectivity index (χ1v) is 9.00. The molecule has 6 heteroatoms. The molecule has 0 aliphatic rings. The lowest BCUT2D eigenvalue weighted by atomic mass is 10.1. The fourth-order valence-corrected chi connectivity index (χ4v) is 3.49. The predicted molar refractivity (Wildman–Crippen MR) is 106 cm³/mol. The smallest absolute Gasteiger partial charge is 0.274 e. The quantitative estimate of drug-likeness (QED) is 0.585. The van der Waals surface area contributed by atoms with Crippen molar-refractivity contribution in [1.29, 1.82) is 0 Å². The van der Waals surface area contributed by atoms with Gasteiger partial charge in [0, 0.05) is 34.0 Å². The lowest BCUT2D eigenvalue weighted by Gasteiger charge is -2.18. The minimum atomic E-state index is -0.807. The fraction of sp³-hybridized carbons (Fsp3) is 0.143. The first-order chi connectivity index (χ1) is 13.0. The third-order valence-corrected chi connectivity index (χ3v) is 4.97. The lowest BCUT2D eigenvalue weighted by molar-refractivity contribution is 0.156. The predicted octanol–water partition coefficient (Wildman–Crippen LogP) is 3.86. The highest BCUT2D eigenvalue weighted by Gasteiger charge is 2.17. The number of benzene rings is 2. The third kappa shape index (κ3) is 3.27. The van der Waals surface area contributed by atoms with Crippen molar-refractivity contribution >= 4 is 17.2 Å². The summed E-state index contributed by atoms with van der Waals surface area (Å²) in [4.78, 5) is 12.4. The first kappa shape index (κ1) is 17.5. The number of aryl methyl sites for hydroxylation is 1. The molecule has 1 atom stereocenters. The molecule has 0 unspecified atom stereocenters. The number of fused-ring (bicyclic) bond motifs is 1. The van der Waals surface area contributed by atoms with Crippen molar-refractivity contribution < 1.29 is 5.11 Å². The molecule has 0 fully saturated rings. The van der Waals surface area contributed by atoms with Crippen molar-refractivity contribution in [2.45, 2.75) is 19.6 Å². The Morgan fingerprint density at radius 3 is 2.52 bits per heavy atom. The maximum Gasteiger partial charge on any atom is 0.274 e. The summed E-state index contributed by atoms with van der Waals surface area (Å²) >= 11 is 6.22. The van der Waals surface area contributed by atoms with Crippen LogP contribution in [0.5, 0.6) is 0 Å². The molecule has 0 spiro atoms. The van der Waals surface area contributed by atoms with Gasteiger partial charge in [0.2, 0.25) is 0 Å². The van der Waals surface area contributed by atoms with Crippen LogP contribution in [0.4, 0.5) is 0 Å². The molecular weight excluding hydrogens is 362 g/mol. The summed E-state index contributed by atoms with van der Waals surface area (Å²) < 4.78 is 3.25. The first-order valence-electron chi connectivity index (χ1n) is 8.63. The van der Waals surface area contributed by atoms with Crippen LogP contribution in [0.25, 0.3) is 16.9 Å². The van der Waals surface area contributed by atoms with Gasteiger partial charge in [-0.05, 0) is 13.0 Å². The van der Waals surface area contributed by atoms with Crippen molar-refractivity contribution in [3.8, 4) is 11.3 Å². The summed E-state index contributed by atoms with van der Waals surface area (Å²) in [6, 6.07) is 20.3. The maximum atomic E-state index is 12.4. The molecule has 2 heterocycles. The summed E-state index contributed by atoms with van der Waals surface area (Å²) in [5.74, 6) is 0. The highest BCUT2D eigenvalue weighted by Crippen LogP contribution is 2.26. The molecule has 4 aromatic rings. The zero-order valence-corrected chi connectivity index (χ0v) is 15.5. The van der Waals surface area contributed by atoms with Gasteiger partial charge in [-0.25, -0.2) is 0 Å². The molecule has 2 aromatic carbocycles. The van der Waals surface area contributed by atoms with Crippen LogP contribution in [0, 0.1) is 6.92 Å². The van der Waals surface area contributed by atoms with E-state index in [1.165, 1.54) is 10.6 Å². The molecule has 5 nitrogen and oxygen atoms in total. The molecule has 0 saturated heterocycles. The van der Waals surface area contributed by atoms with E-state index in [0.717, 1.165) is 11.3 Å². The van der Waals surface area contributed by atoms with E-state index in [4.69, 9.17) is 11.6 Å². The molecule has 2 aromatic heterocycles. The Morgan fingerprint density at radius 1 is 1.07 bits per heavy atom. The zero-order valence-electron chi connectivity index (χ0n) is 14.7. The van der Waals surface area contributed by atoms with Gasteiger partial charge in [0.1, 0.15) is 5.65 Å². The van der Waals surface area contributed by atoms with Gasteiger partial charge in [0.15, 0.2) is 0 Å². The van der Waals surface area contributed by atoms with Gasteiger partial charge in [-0.15, -0.1) is 0 Å². The van der Waals surface area contributed by atoms with Crippen LogP contribution in [0.2, 0.25) is 5.02 Å². The second-order valence-corrected chi connectivity index (χ2v) is 6.84. The van der Waals surface area contributed by atoms with Gasteiger partial charge in [-0.1, -0.05) is 60.1 Å². The minimum Gasteiger partial charge on any atom is -0.386 e. The summed E-state index contributed by atoms with van der Waals surface area (Å²) in [5.41, 5.74) is 3.46. The van der Waals surface area contributed by atoms with Crippen LogP contribution in [0.1, 0.15) is 17.4 Å². The van der Waals surface area contributed by atoms with E-state index in [1.54, 1.807) is 12.1 Å². The molecule has 1 N–H and O–H groups in total. The Kier molecular flexibility index (Phi) is 4.56. The number of nitrogens with zero attached hydrogens (tertiary/aromatic N) is 3. The number of hydrogen-bond donors (Lipinski definition) is 1. The molecule has 4 rings (SSSR count). The van der Waals surface area contributed by atoms with E-state index in [2.05, 4.69) is 5.10 Å². The highest BCUT2D eigenvalue weighted by molar-refractivity contribution is 6.31.